The minimum Gasteiger partial charge on any atom is -0.397 e. The molecule has 2 rings (SSSR count). The van der Waals surface area contributed by atoms with Crippen molar-refractivity contribution in [2.45, 2.75) is 59.9 Å². The minimum absolute atomic E-state index is 0.0132. The summed E-state index contributed by atoms with van der Waals surface area (Å²) in [4.78, 5) is 14.7. The van der Waals surface area contributed by atoms with Crippen LogP contribution in [0.1, 0.15) is 52.5 Å². The Morgan fingerprint density at radius 3 is 2.59 bits per heavy atom. The van der Waals surface area contributed by atoms with E-state index in [2.05, 4.69) is 24.1 Å². The van der Waals surface area contributed by atoms with Crippen molar-refractivity contribution in [3.8, 4) is 0 Å². The molecule has 122 valence electrons. The number of piperidine rings is 1. The summed E-state index contributed by atoms with van der Waals surface area (Å²) in [6.45, 7) is 11.1. The van der Waals surface area contributed by atoms with Crippen molar-refractivity contribution in [2.75, 3.05) is 22.5 Å². The molecule has 22 heavy (non-hydrogen) atoms. The third kappa shape index (κ3) is 3.54. The van der Waals surface area contributed by atoms with E-state index in [4.69, 9.17) is 5.73 Å². The zero-order chi connectivity index (χ0) is 16.5. The second-order valence-corrected chi connectivity index (χ2v) is 7.47. The van der Waals surface area contributed by atoms with Gasteiger partial charge in [0.1, 0.15) is 0 Å². The Hall–Kier alpha value is -1.71. The zero-order valence-corrected chi connectivity index (χ0v) is 14.5. The number of aryl methyl sites for hydroxylation is 1. The number of rotatable bonds is 2. The van der Waals surface area contributed by atoms with Gasteiger partial charge in [0.25, 0.3) is 0 Å². The van der Waals surface area contributed by atoms with Crippen LogP contribution in [0.15, 0.2) is 12.1 Å². The van der Waals surface area contributed by atoms with Gasteiger partial charge in [0.2, 0.25) is 5.91 Å². The lowest BCUT2D eigenvalue weighted by molar-refractivity contribution is -0.123. The van der Waals surface area contributed by atoms with Crippen molar-refractivity contribution in [3.63, 3.8) is 0 Å². The average molecular weight is 303 g/mol. The van der Waals surface area contributed by atoms with Crippen LogP contribution in [0.4, 0.5) is 17.1 Å². The number of nitrogens with two attached hydrogens (primary N) is 1. The number of nitrogens with zero attached hydrogens (tertiary/aromatic N) is 1. The number of benzene rings is 1. The normalized spacial score (nSPS) is 19.1. The Morgan fingerprint density at radius 2 is 2.00 bits per heavy atom. The van der Waals surface area contributed by atoms with Gasteiger partial charge in [-0.15, -0.1) is 0 Å². The first kappa shape index (κ1) is 16.7. The molecule has 1 amide bonds. The highest BCUT2D eigenvalue weighted by Crippen LogP contribution is 2.34. The van der Waals surface area contributed by atoms with Crippen molar-refractivity contribution in [1.29, 1.82) is 0 Å². The van der Waals surface area contributed by atoms with E-state index in [1.54, 1.807) is 0 Å². The van der Waals surface area contributed by atoms with E-state index in [1.165, 1.54) is 30.5 Å². The van der Waals surface area contributed by atoms with E-state index in [0.717, 1.165) is 12.2 Å². The van der Waals surface area contributed by atoms with Crippen molar-refractivity contribution >= 4 is 23.0 Å². The van der Waals surface area contributed by atoms with Crippen molar-refractivity contribution in [3.05, 3.63) is 17.7 Å². The highest BCUT2D eigenvalue weighted by molar-refractivity contribution is 5.98. The van der Waals surface area contributed by atoms with Gasteiger partial charge < -0.3 is 16.0 Å². The van der Waals surface area contributed by atoms with E-state index in [1.807, 2.05) is 32.9 Å². The minimum atomic E-state index is -0.435. The van der Waals surface area contributed by atoms with Crippen LogP contribution < -0.4 is 16.0 Å². The lowest BCUT2D eigenvalue weighted by atomic mass is 9.95. The maximum Gasteiger partial charge on any atom is 0.229 e. The van der Waals surface area contributed by atoms with Gasteiger partial charge in [-0.2, -0.15) is 0 Å². The van der Waals surface area contributed by atoms with Gasteiger partial charge in [0, 0.05) is 23.7 Å². The Bertz CT molecular complexity index is 560. The fourth-order valence-electron chi connectivity index (χ4n) is 2.90. The molecule has 1 fully saturated rings. The van der Waals surface area contributed by atoms with E-state index < -0.39 is 5.41 Å². The van der Waals surface area contributed by atoms with Crippen LogP contribution in [-0.4, -0.2) is 18.5 Å². The molecule has 1 aliphatic heterocycles. The monoisotopic (exact) mass is 303 g/mol. The van der Waals surface area contributed by atoms with Crippen LogP contribution >= 0.6 is 0 Å². The lowest BCUT2D eigenvalue weighted by Crippen LogP contribution is -2.38. The topological polar surface area (TPSA) is 58.4 Å². The van der Waals surface area contributed by atoms with Crippen LogP contribution in [0.2, 0.25) is 0 Å². The Morgan fingerprint density at radius 1 is 1.32 bits per heavy atom. The summed E-state index contributed by atoms with van der Waals surface area (Å²) < 4.78 is 0. The summed E-state index contributed by atoms with van der Waals surface area (Å²) in [5, 5.41) is 2.98. The molecule has 1 heterocycles. The molecule has 1 aromatic rings. The first-order valence-corrected chi connectivity index (χ1v) is 8.18. The Labute approximate surface area is 134 Å². The molecule has 1 saturated heterocycles. The predicted octanol–water partition coefficient (Wildman–Crippen LogP) is 3.94. The van der Waals surface area contributed by atoms with E-state index >= 15 is 0 Å². The third-order valence-corrected chi connectivity index (χ3v) is 4.41. The first-order chi connectivity index (χ1) is 10.2. The highest BCUT2D eigenvalue weighted by Gasteiger charge is 2.24. The molecule has 0 unspecified atom stereocenters. The maximum absolute atomic E-state index is 12.2. The Kier molecular flexibility index (Phi) is 4.69. The van der Waals surface area contributed by atoms with Gasteiger partial charge in [-0.25, -0.2) is 0 Å². The number of nitrogen functional groups attached to an aromatic ring is 1. The molecular weight excluding hydrogens is 274 g/mol. The number of carbonyl (C=O) groups is 1. The van der Waals surface area contributed by atoms with Gasteiger partial charge in [0.15, 0.2) is 0 Å². The molecule has 3 N–H and O–H groups in total. The SMILES string of the molecule is Cc1cc(N)c(NC(=O)C(C)(C)C)cc1N1CCCC[C@@H]1C. The first-order valence-electron chi connectivity index (χ1n) is 8.18. The van der Waals surface area contributed by atoms with Crippen LogP contribution in [0.25, 0.3) is 0 Å². The summed E-state index contributed by atoms with van der Waals surface area (Å²) in [7, 11) is 0. The number of carbonyl (C=O) groups excluding carboxylic acids is 1. The number of amides is 1. The largest absolute Gasteiger partial charge is 0.397 e. The molecule has 0 aromatic heterocycles. The number of nitrogens with one attached hydrogen (secondary N) is 1. The molecule has 1 aliphatic rings. The second kappa shape index (κ2) is 6.19. The standard InChI is InChI=1S/C18H29N3O/c1-12-10-14(19)15(20-17(22)18(3,4)5)11-16(12)21-9-7-6-8-13(21)2/h10-11,13H,6-9,19H2,1-5H3,(H,20,22)/t13-/m0/s1. The highest BCUT2D eigenvalue weighted by atomic mass is 16.2. The second-order valence-electron chi connectivity index (χ2n) is 7.47. The third-order valence-electron chi connectivity index (χ3n) is 4.41. The van der Waals surface area contributed by atoms with Gasteiger partial charge >= 0.3 is 0 Å². The predicted molar refractivity (Wildman–Crippen MR) is 94.3 cm³/mol. The average Bonchev–Trinajstić information content (AvgIpc) is 2.41. The number of hydrogen-bond donors (Lipinski definition) is 2. The van der Waals surface area contributed by atoms with E-state index in [-0.39, 0.29) is 5.91 Å². The van der Waals surface area contributed by atoms with Gasteiger partial charge in [0.05, 0.1) is 11.4 Å². The molecule has 0 saturated carbocycles. The van der Waals surface area contributed by atoms with Crippen molar-refractivity contribution in [2.24, 2.45) is 5.41 Å². The zero-order valence-electron chi connectivity index (χ0n) is 14.5. The summed E-state index contributed by atoms with van der Waals surface area (Å²) in [5.41, 5.74) is 9.38. The fourth-order valence-corrected chi connectivity index (χ4v) is 2.90. The van der Waals surface area contributed by atoms with Gasteiger partial charge in [-0.3, -0.25) is 4.79 Å². The molecule has 1 aromatic carbocycles. The van der Waals surface area contributed by atoms with Crippen LogP contribution in [0, 0.1) is 12.3 Å². The summed E-state index contributed by atoms with van der Waals surface area (Å²) in [6.07, 6.45) is 3.73. The van der Waals surface area contributed by atoms with Crippen molar-refractivity contribution in [1.82, 2.24) is 0 Å². The smallest absolute Gasteiger partial charge is 0.229 e. The van der Waals surface area contributed by atoms with E-state index in [0.29, 0.717) is 11.7 Å². The molecule has 0 spiro atoms. The van der Waals surface area contributed by atoms with Crippen molar-refractivity contribution < 1.29 is 4.79 Å². The molecule has 0 radical (unpaired) electrons. The molecule has 0 aliphatic carbocycles. The maximum atomic E-state index is 12.2. The van der Waals surface area contributed by atoms with Crippen LogP contribution in [0.5, 0.6) is 0 Å². The quantitative estimate of drug-likeness (QED) is 0.814. The van der Waals surface area contributed by atoms with Gasteiger partial charge in [-0.05, 0) is 50.8 Å². The summed E-state index contributed by atoms with van der Waals surface area (Å²) in [5.74, 6) is -0.0132. The van der Waals surface area contributed by atoms with Crippen LogP contribution in [0.3, 0.4) is 0 Å². The molecule has 0 bridgehead atoms. The molecule has 4 heteroatoms. The Balaban J connectivity index is 2.32. The lowest BCUT2D eigenvalue weighted by Gasteiger charge is -2.37. The number of anilines is 3. The summed E-state index contributed by atoms with van der Waals surface area (Å²) in [6, 6.07) is 4.53. The number of hydrogen-bond acceptors (Lipinski definition) is 3. The molecular formula is C18H29N3O. The fraction of sp³-hybridized carbons (Fsp3) is 0.611. The molecule has 1 atom stereocenters. The molecule has 4 nitrogen and oxygen atoms in total. The summed E-state index contributed by atoms with van der Waals surface area (Å²) >= 11 is 0. The van der Waals surface area contributed by atoms with E-state index in [9.17, 15) is 4.79 Å². The van der Waals surface area contributed by atoms with Crippen LogP contribution in [-0.2, 0) is 4.79 Å². The van der Waals surface area contributed by atoms with Gasteiger partial charge in [-0.1, -0.05) is 20.8 Å².